The molecule has 3 rings (SSSR count). The van der Waals surface area contributed by atoms with E-state index in [2.05, 4.69) is 62.6 Å². The van der Waals surface area contributed by atoms with Crippen molar-refractivity contribution in [3.8, 4) is 0 Å². The van der Waals surface area contributed by atoms with E-state index in [0.29, 0.717) is 24.4 Å². The Hall–Kier alpha value is -1.35. The van der Waals surface area contributed by atoms with Crippen molar-refractivity contribution < 1.29 is 4.79 Å². The summed E-state index contributed by atoms with van der Waals surface area (Å²) in [5.41, 5.74) is 2.68. The lowest BCUT2D eigenvalue weighted by Gasteiger charge is -2.29. The summed E-state index contributed by atoms with van der Waals surface area (Å²) >= 11 is 0. The van der Waals surface area contributed by atoms with Gasteiger partial charge in [-0.1, -0.05) is 45.0 Å². The average Bonchev–Trinajstić information content (AvgIpc) is 2.85. The van der Waals surface area contributed by atoms with E-state index in [1.165, 1.54) is 36.8 Å². The van der Waals surface area contributed by atoms with Gasteiger partial charge < -0.3 is 10.6 Å². The number of fused-ring (bicyclic) bond motifs is 2. The molecular weight excluding hydrogens is 296 g/mol. The van der Waals surface area contributed by atoms with Gasteiger partial charge in [-0.3, -0.25) is 4.79 Å². The van der Waals surface area contributed by atoms with Crippen molar-refractivity contribution in [3.63, 3.8) is 0 Å². The van der Waals surface area contributed by atoms with E-state index in [1.54, 1.807) is 0 Å². The van der Waals surface area contributed by atoms with Crippen molar-refractivity contribution in [1.29, 1.82) is 0 Å². The third-order valence-corrected chi connectivity index (χ3v) is 5.70. The van der Waals surface area contributed by atoms with Crippen molar-refractivity contribution in [3.05, 3.63) is 35.4 Å². The summed E-state index contributed by atoms with van der Waals surface area (Å²) in [5, 5.41) is 6.84. The van der Waals surface area contributed by atoms with Gasteiger partial charge in [-0.25, -0.2) is 0 Å². The largest absolute Gasteiger partial charge is 0.350 e. The Balaban J connectivity index is 1.52. The van der Waals surface area contributed by atoms with Crippen LogP contribution in [0.15, 0.2) is 24.3 Å². The Morgan fingerprint density at radius 3 is 2.29 bits per heavy atom. The first kappa shape index (κ1) is 17.5. The first-order chi connectivity index (χ1) is 11.3. The fourth-order valence-corrected chi connectivity index (χ4v) is 4.26. The molecule has 0 spiro atoms. The van der Waals surface area contributed by atoms with E-state index in [4.69, 9.17) is 0 Å². The van der Waals surface area contributed by atoms with Crippen molar-refractivity contribution in [2.75, 3.05) is 0 Å². The lowest BCUT2D eigenvalue weighted by Crippen LogP contribution is -2.40. The zero-order chi connectivity index (χ0) is 17.3. The molecule has 24 heavy (non-hydrogen) atoms. The van der Waals surface area contributed by atoms with E-state index in [9.17, 15) is 4.79 Å². The standard InChI is InChI=1S/C21H32N2O/c1-14(16-5-7-17(8-6-16)21(2,3)4)22-20(24)13-15-11-18-9-10-19(12-15)23-18/h5-8,14-15,18-19,23H,9-13H2,1-4H3,(H,22,24). The summed E-state index contributed by atoms with van der Waals surface area (Å²) in [6.45, 7) is 8.74. The molecule has 2 N–H and O–H groups in total. The van der Waals surface area contributed by atoms with Crippen molar-refractivity contribution in [2.24, 2.45) is 5.92 Å². The van der Waals surface area contributed by atoms with Gasteiger partial charge in [-0.05, 0) is 55.1 Å². The van der Waals surface area contributed by atoms with Crippen LogP contribution in [0.5, 0.6) is 0 Å². The molecule has 2 fully saturated rings. The van der Waals surface area contributed by atoms with E-state index >= 15 is 0 Å². The quantitative estimate of drug-likeness (QED) is 0.874. The molecule has 2 heterocycles. The Kier molecular flexibility index (Phi) is 5.00. The second-order valence-corrected chi connectivity index (χ2v) is 8.84. The fourth-order valence-electron chi connectivity index (χ4n) is 4.26. The van der Waals surface area contributed by atoms with Crippen LogP contribution in [-0.2, 0) is 10.2 Å². The number of hydrogen-bond acceptors (Lipinski definition) is 2. The molecule has 0 saturated carbocycles. The van der Waals surface area contributed by atoms with Crippen LogP contribution in [0.2, 0.25) is 0 Å². The number of rotatable bonds is 4. The Morgan fingerprint density at radius 1 is 1.17 bits per heavy atom. The maximum absolute atomic E-state index is 12.4. The monoisotopic (exact) mass is 328 g/mol. The molecule has 3 nitrogen and oxygen atoms in total. The number of amides is 1. The number of benzene rings is 1. The number of carbonyl (C=O) groups excluding carboxylic acids is 1. The van der Waals surface area contributed by atoms with Crippen LogP contribution in [0.3, 0.4) is 0 Å². The predicted octanol–water partition coefficient (Wildman–Crippen LogP) is 4.08. The minimum Gasteiger partial charge on any atom is -0.350 e. The molecular formula is C21H32N2O. The average molecular weight is 329 g/mol. The summed E-state index contributed by atoms with van der Waals surface area (Å²) in [6.07, 6.45) is 5.59. The SMILES string of the molecule is CC(NC(=O)CC1CC2CCC(C1)N2)c1ccc(C(C)(C)C)cc1. The molecule has 1 amide bonds. The van der Waals surface area contributed by atoms with Gasteiger partial charge in [0.1, 0.15) is 0 Å². The molecule has 2 bridgehead atoms. The zero-order valence-corrected chi connectivity index (χ0v) is 15.6. The third kappa shape index (κ3) is 4.18. The topological polar surface area (TPSA) is 41.1 Å². The number of piperidine rings is 1. The van der Waals surface area contributed by atoms with Gasteiger partial charge in [0.2, 0.25) is 5.91 Å². The maximum atomic E-state index is 12.4. The van der Waals surface area contributed by atoms with Crippen LogP contribution in [0.25, 0.3) is 0 Å². The predicted molar refractivity (Wildman–Crippen MR) is 99.0 cm³/mol. The third-order valence-electron chi connectivity index (χ3n) is 5.70. The summed E-state index contributed by atoms with van der Waals surface area (Å²) in [5.74, 6) is 0.757. The molecule has 0 aliphatic carbocycles. The van der Waals surface area contributed by atoms with Gasteiger partial charge in [0.15, 0.2) is 0 Å². The summed E-state index contributed by atoms with van der Waals surface area (Å²) in [6, 6.07) is 10.1. The summed E-state index contributed by atoms with van der Waals surface area (Å²) in [4.78, 5) is 12.4. The highest BCUT2D eigenvalue weighted by Gasteiger charge is 2.34. The van der Waals surface area contributed by atoms with Crippen LogP contribution in [0, 0.1) is 5.92 Å². The normalized spacial score (nSPS) is 27.8. The van der Waals surface area contributed by atoms with Crippen LogP contribution in [0.1, 0.15) is 77.0 Å². The lowest BCUT2D eigenvalue weighted by atomic mass is 9.86. The molecule has 132 valence electrons. The second kappa shape index (κ2) is 6.87. The Bertz CT molecular complexity index is 560. The minimum atomic E-state index is 0.0740. The van der Waals surface area contributed by atoms with E-state index in [-0.39, 0.29) is 17.4 Å². The van der Waals surface area contributed by atoms with Gasteiger partial charge in [0, 0.05) is 18.5 Å². The number of nitrogens with one attached hydrogen (secondary N) is 2. The second-order valence-electron chi connectivity index (χ2n) is 8.84. The van der Waals surface area contributed by atoms with Crippen molar-refractivity contribution >= 4 is 5.91 Å². The minimum absolute atomic E-state index is 0.0740. The van der Waals surface area contributed by atoms with Crippen LogP contribution < -0.4 is 10.6 Å². The van der Waals surface area contributed by atoms with E-state index < -0.39 is 0 Å². The molecule has 1 aromatic carbocycles. The first-order valence-corrected chi connectivity index (χ1v) is 9.47. The van der Waals surface area contributed by atoms with Gasteiger partial charge in [0.25, 0.3) is 0 Å². The smallest absolute Gasteiger partial charge is 0.220 e. The van der Waals surface area contributed by atoms with Gasteiger partial charge in [0.05, 0.1) is 6.04 Å². The molecule has 0 aromatic heterocycles. The summed E-state index contributed by atoms with van der Waals surface area (Å²) in [7, 11) is 0. The van der Waals surface area contributed by atoms with Crippen LogP contribution in [-0.4, -0.2) is 18.0 Å². The Labute approximate surface area is 146 Å². The lowest BCUT2D eigenvalue weighted by molar-refractivity contribution is -0.122. The number of carbonyl (C=O) groups is 1. The zero-order valence-electron chi connectivity index (χ0n) is 15.6. The van der Waals surface area contributed by atoms with Crippen LogP contribution in [0.4, 0.5) is 0 Å². The van der Waals surface area contributed by atoms with Gasteiger partial charge in [-0.2, -0.15) is 0 Å². The van der Waals surface area contributed by atoms with E-state index in [0.717, 1.165) is 0 Å². The fraction of sp³-hybridized carbons (Fsp3) is 0.667. The maximum Gasteiger partial charge on any atom is 0.220 e. The molecule has 2 aliphatic rings. The van der Waals surface area contributed by atoms with Crippen molar-refractivity contribution in [2.45, 2.75) is 83.3 Å². The van der Waals surface area contributed by atoms with Crippen molar-refractivity contribution in [1.82, 2.24) is 10.6 Å². The molecule has 1 aromatic rings. The highest BCUT2D eigenvalue weighted by molar-refractivity contribution is 5.76. The molecule has 3 atom stereocenters. The number of hydrogen-bond donors (Lipinski definition) is 2. The summed E-state index contributed by atoms with van der Waals surface area (Å²) < 4.78 is 0. The first-order valence-electron chi connectivity index (χ1n) is 9.47. The van der Waals surface area contributed by atoms with Crippen LogP contribution >= 0.6 is 0 Å². The highest BCUT2D eigenvalue weighted by Crippen LogP contribution is 2.32. The Morgan fingerprint density at radius 2 is 1.75 bits per heavy atom. The van der Waals surface area contributed by atoms with Gasteiger partial charge in [-0.15, -0.1) is 0 Å². The molecule has 0 radical (unpaired) electrons. The van der Waals surface area contributed by atoms with Gasteiger partial charge >= 0.3 is 0 Å². The molecule has 2 saturated heterocycles. The highest BCUT2D eigenvalue weighted by atomic mass is 16.1. The van der Waals surface area contributed by atoms with E-state index in [1.807, 2.05) is 0 Å². The molecule has 3 unspecified atom stereocenters. The molecule has 2 aliphatic heterocycles. The molecule has 3 heteroatoms.